The summed E-state index contributed by atoms with van der Waals surface area (Å²) in [7, 11) is 0. The second kappa shape index (κ2) is 7.05. The van der Waals surface area contributed by atoms with E-state index in [1.807, 2.05) is 0 Å². The van der Waals surface area contributed by atoms with Crippen LogP contribution in [-0.4, -0.2) is 49.3 Å². The lowest BCUT2D eigenvalue weighted by Crippen LogP contribution is -2.59. The third-order valence-electron chi connectivity index (χ3n) is 4.82. The highest BCUT2D eigenvalue weighted by atomic mass is 16.5. The number of hydrogen-bond donors (Lipinski definition) is 1. The van der Waals surface area contributed by atoms with Crippen LogP contribution >= 0.6 is 0 Å². The van der Waals surface area contributed by atoms with Crippen molar-refractivity contribution in [3.05, 3.63) is 0 Å². The van der Waals surface area contributed by atoms with Gasteiger partial charge in [0.05, 0.1) is 12.7 Å². The molecule has 0 aromatic rings. The molecule has 3 atom stereocenters. The standard InChI is InChI=1S/C16H32N2O/c1-5-13(4)15-11-18(8-9-19-12(2)3)16(10-17-15)14-6-7-14/h12-17H,5-11H2,1-4H3. The first-order valence-electron chi connectivity index (χ1n) is 8.20. The van der Waals surface area contributed by atoms with Gasteiger partial charge in [0.1, 0.15) is 0 Å². The zero-order chi connectivity index (χ0) is 13.8. The largest absolute Gasteiger partial charge is 0.377 e. The van der Waals surface area contributed by atoms with Crippen molar-refractivity contribution in [1.29, 1.82) is 0 Å². The van der Waals surface area contributed by atoms with Crippen LogP contribution in [0.15, 0.2) is 0 Å². The van der Waals surface area contributed by atoms with Crippen LogP contribution in [0.25, 0.3) is 0 Å². The van der Waals surface area contributed by atoms with Gasteiger partial charge in [-0.3, -0.25) is 4.90 Å². The zero-order valence-electron chi connectivity index (χ0n) is 13.2. The molecule has 0 radical (unpaired) electrons. The molecule has 1 heterocycles. The van der Waals surface area contributed by atoms with Crippen molar-refractivity contribution in [3.63, 3.8) is 0 Å². The molecule has 3 heteroatoms. The molecule has 0 aromatic carbocycles. The highest BCUT2D eigenvalue weighted by Gasteiger charge is 2.39. The summed E-state index contributed by atoms with van der Waals surface area (Å²) in [6.07, 6.45) is 4.49. The lowest BCUT2D eigenvalue weighted by molar-refractivity contribution is 0.0273. The Labute approximate surface area is 119 Å². The van der Waals surface area contributed by atoms with E-state index in [0.717, 1.165) is 31.0 Å². The second-order valence-corrected chi connectivity index (χ2v) is 6.72. The minimum Gasteiger partial charge on any atom is -0.377 e. The first-order chi connectivity index (χ1) is 9.11. The number of nitrogens with zero attached hydrogens (tertiary/aromatic N) is 1. The smallest absolute Gasteiger partial charge is 0.0597 e. The molecule has 0 amide bonds. The van der Waals surface area contributed by atoms with E-state index in [1.165, 1.54) is 32.4 Å². The molecule has 1 saturated carbocycles. The molecule has 3 nitrogen and oxygen atoms in total. The van der Waals surface area contributed by atoms with Crippen LogP contribution in [-0.2, 0) is 4.74 Å². The van der Waals surface area contributed by atoms with E-state index in [-0.39, 0.29) is 0 Å². The van der Waals surface area contributed by atoms with Gasteiger partial charge in [0.25, 0.3) is 0 Å². The predicted molar refractivity (Wildman–Crippen MR) is 80.4 cm³/mol. The van der Waals surface area contributed by atoms with E-state index >= 15 is 0 Å². The van der Waals surface area contributed by atoms with Crippen molar-refractivity contribution in [2.45, 2.75) is 65.1 Å². The summed E-state index contributed by atoms with van der Waals surface area (Å²) < 4.78 is 5.75. The van der Waals surface area contributed by atoms with Gasteiger partial charge in [-0.1, -0.05) is 20.3 Å². The molecule has 0 spiro atoms. The fourth-order valence-electron chi connectivity index (χ4n) is 3.13. The number of piperazine rings is 1. The first-order valence-corrected chi connectivity index (χ1v) is 8.20. The van der Waals surface area contributed by atoms with Crippen molar-refractivity contribution in [1.82, 2.24) is 10.2 Å². The summed E-state index contributed by atoms with van der Waals surface area (Å²) in [5.41, 5.74) is 0. The van der Waals surface area contributed by atoms with Crippen molar-refractivity contribution < 1.29 is 4.74 Å². The number of rotatable bonds is 7. The van der Waals surface area contributed by atoms with Crippen molar-refractivity contribution in [3.8, 4) is 0 Å². The van der Waals surface area contributed by atoms with Crippen molar-refractivity contribution in [2.24, 2.45) is 11.8 Å². The van der Waals surface area contributed by atoms with E-state index in [4.69, 9.17) is 4.74 Å². The molecule has 2 fully saturated rings. The van der Waals surface area contributed by atoms with Gasteiger partial charge in [-0.15, -0.1) is 0 Å². The fourth-order valence-corrected chi connectivity index (χ4v) is 3.13. The highest BCUT2D eigenvalue weighted by molar-refractivity contribution is 4.95. The maximum Gasteiger partial charge on any atom is 0.0597 e. The normalized spacial score (nSPS) is 30.8. The lowest BCUT2D eigenvalue weighted by Gasteiger charge is -2.42. The van der Waals surface area contributed by atoms with Crippen LogP contribution in [0, 0.1) is 11.8 Å². The molecule has 112 valence electrons. The maximum atomic E-state index is 5.75. The molecular weight excluding hydrogens is 236 g/mol. The van der Waals surface area contributed by atoms with E-state index in [1.54, 1.807) is 0 Å². The molecule has 3 unspecified atom stereocenters. The van der Waals surface area contributed by atoms with E-state index < -0.39 is 0 Å². The fraction of sp³-hybridized carbons (Fsp3) is 1.00. The molecule has 2 rings (SSSR count). The monoisotopic (exact) mass is 268 g/mol. The average molecular weight is 268 g/mol. The van der Waals surface area contributed by atoms with Gasteiger partial charge in [-0.05, 0) is 38.5 Å². The zero-order valence-corrected chi connectivity index (χ0v) is 13.2. The molecule has 0 aromatic heterocycles. The van der Waals surface area contributed by atoms with Crippen LogP contribution in [0.3, 0.4) is 0 Å². The van der Waals surface area contributed by atoms with Crippen LogP contribution in [0.2, 0.25) is 0 Å². The van der Waals surface area contributed by atoms with Gasteiger partial charge < -0.3 is 10.1 Å². The third-order valence-corrected chi connectivity index (χ3v) is 4.82. The Morgan fingerprint density at radius 3 is 2.58 bits per heavy atom. The molecule has 19 heavy (non-hydrogen) atoms. The molecule has 1 saturated heterocycles. The Morgan fingerprint density at radius 1 is 1.26 bits per heavy atom. The maximum absolute atomic E-state index is 5.75. The molecule has 1 aliphatic heterocycles. The van der Waals surface area contributed by atoms with E-state index in [2.05, 4.69) is 37.9 Å². The number of hydrogen-bond acceptors (Lipinski definition) is 3. The van der Waals surface area contributed by atoms with Crippen LogP contribution in [0.4, 0.5) is 0 Å². The highest BCUT2D eigenvalue weighted by Crippen LogP contribution is 2.36. The third kappa shape index (κ3) is 4.44. The Morgan fingerprint density at radius 2 is 2.00 bits per heavy atom. The number of nitrogens with one attached hydrogen (secondary N) is 1. The Kier molecular flexibility index (Phi) is 5.67. The van der Waals surface area contributed by atoms with E-state index in [0.29, 0.717) is 12.1 Å². The number of ether oxygens (including phenoxy) is 1. The van der Waals surface area contributed by atoms with Crippen LogP contribution in [0.1, 0.15) is 47.0 Å². The van der Waals surface area contributed by atoms with Crippen molar-refractivity contribution in [2.75, 3.05) is 26.2 Å². The minimum atomic E-state index is 0.354. The van der Waals surface area contributed by atoms with E-state index in [9.17, 15) is 0 Å². The van der Waals surface area contributed by atoms with Gasteiger partial charge in [0, 0.05) is 31.7 Å². The minimum absolute atomic E-state index is 0.354. The Hall–Kier alpha value is -0.120. The lowest BCUT2D eigenvalue weighted by atomic mass is 9.94. The molecule has 1 aliphatic carbocycles. The van der Waals surface area contributed by atoms with Crippen LogP contribution in [0.5, 0.6) is 0 Å². The predicted octanol–water partition coefficient (Wildman–Crippen LogP) is 2.51. The summed E-state index contributed by atoms with van der Waals surface area (Å²) in [4.78, 5) is 2.70. The van der Waals surface area contributed by atoms with Gasteiger partial charge in [-0.25, -0.2) is 0 Å². The SMILES string of the molecule is CCC(C)C1CN(CCOC(C)C)C(C2CC2)CN1. The van der Waals surface area contributed by atoms with Gasteiger partial charge >= 0.3 is 0 Å². The van der Waals surface area contributed by atoms with Crippen molar-refractivity contribution >= 4 is 0 Å². The van der Waals surface area contributed by atoms with Gasteiger partial charge in [-0.2, -0.15) is 0 Å². The molecule has 0 bridgehead atoms. The first kappa shape index (κ1) is 15.3. The summed E-state index contributed by atoms with van der Waals surface area (Å²) in [5, 5.41) is 3.79. The summed E-state index contributed by atoms with van der Waals surface area (Å²) >= 11 is 0. The molecule has 1 N–H and O–H groups in total. The Bertz CT molecular complexity index is 265. The molecule has 2 aliphatic rings. The Balaban J connectivity index is 1.85. The summed E-state index contributed by atoms with van der Waals surface area (Å²) in [5.74, 6) is 1.72. The summed E-state index contributed by atoms with van der Waals surface area (Å²) in [6.45, 7) is 13.3. The summed E-state index contributed by atoms with van der Waals surface area (Å²) in [6, 6.07) is 1.43. The molecular formula is C16H32N2O. The second-order valence-electron chi connectivity index (χ2n) is 6.72. The average Bonchev–Trinajstić information content (AvgIpc) is 3.21. The topological polar surface area (TPSA) is 24.5 Å². The van der Waals surface area contributed by atoms with Crippen LogP contribution < -0.4 is 5.32 Å². The van der Waals surface area contributed by atoms with Gasteiger partial charge in [0.2, 0.25) is 0 Å². The van der Waals surface area contributed by atoms with Gasteiger partial charge in [0.15, 0.2) is 0 Å². The quantitative estimate of drug-likeness (QED) is 0.768.